The van der Waals surface area contributed by atoms with Gasteiger partial charge < -0.3 is 50.0 Å². The lowest BCUT2D eigenvalue weighted by Crippen LogP contribution is -2.28. The van der Waals surface area contributed by atoms with E-state index >= 15 is 0 Å². The molecule has 0 aliphatic heterocycles. The second kappa shape index (κ2) is 17.7. The third kappa shape index (κ3) is 9.26. The Hall–Kier alpha value is -5.28. The number of carboxylic acids is 2. The minimum atomic E-state index is -1.06. The molecule has 54 heavy (non-hydrogen) atoms. The molecule has 2 aromatic carbocycles. The van der Waals surface area contributed by atoms with Crippen molar-refractivity contribution in [3.05, 3.63) is 94.0 Å². The van der Waals surface area contributed by atoms with Crippen molar-refractivity contribution in [2.45, 2.75) is 76.0 Å². The van der Waals surface area contributed by atoms with Crippen molar-refractivity contribution < 1.29 is 49.0 Å². The number of aliphatic hydroxyl groups is 2. The van der Waals surface area contributed by atoms with Crippen LogP contribution in [0.4, 0.5) is 0 Å². The molecule has 4 aromatic rings. The topological polar surface area (TPSA) is 202 Å². The van der Waals surface area contributed by atoms with Crippen LogP contribution in [-0.4, -0.2) is 81.8 Å². The minimum absolute atomic E-state index is 0.125. The Morgan fingerprint density at radius 2 is 1.11 bits per heavy atom. The van der Waals surface area contributed by atoms with Crippen molar-refractivity contribution in [2.75, 3.05) is 27.3 Å². The molecule has 0 amide bonds. The lowest BCUT2D eigenvalue weighted by Gasteiger charge is -2.18. The molecule has 286 valence electrons. The summed E-state index contributed by atoms with van der Waals surface area (Å²) in [5.41, 5.74) is 8.62. The van der Waals surface area contributed by atoms with Crippen LogP contribution in [0.15, 0.2) is 60.7 Å². The Labute approximate surface area is 313 Å². The fourth-order valence-corrected chi connectivity index (χ4v) is 7.23. The van der Waals surface area contributed by atoms with Gasteiger partial charge in [0.2, 0.25) is 23.5 Å². The summed E-state index contributed by atoms with van der Waals surface area (Å²) in [6, 6.07) is 20.0. The van der Waals surface area contributed by atoms with Crippen molar-refractivity contribution in [2.24, 2.45) is 0 Å². The number of hydrogen-bond acceptors (Lipinski definition) is 12. The van der Waals surface area contributed by atoms with Gasteiger partial charge in [-0.15, -0.1) is 0 Å². The highest BCUT2D eigenvalue weighted by atomic mass is 16.5. The minimum Gasteiger partial charge on any atom is -0.481 e. The molecule has 0 saturated carbocycles. The number of methoxy groups -OCH3 is 2. The van der Waals surface area contributed by atoms with Gasteiger partial charge in [-0.2, -0.15) is 9.97 Å². The summed E-state index contributed by atoms with van der Waals surface area (Å²) in [5, 5.41) is 43.5. The van der Waals surface area contributed by atoms with Crippen LogP contribution < -0.4 is 29.6 Å². The zero-order valence-corrected chi connectivity index (χ0v) is 30.3. The molecule has 0 bridgehead atoms. The van der Waals surface area contributed by atoms with E-state index in [9.17, 15) is 19.8 Å². The summed E-state index contributed by atoms with van der Waals surface area (Å²) >= 11 is 0. The molecule has 2 unspecified atom stereocenters. The molecule has 4 atom stereocenters. The zero-order valence-electron chi connectivity index (χ0n) is 30.3. The summed E-state index contributed by atoms with van der Waals surface area (Å²) < 4.78 is 23.9. The van der Waals surface area contributed by atoms with Gasteiger partial charge >= 0.3 is 11.9 Å². The van der Waals surface area contributed by atoms with Crippen LogP contribution in [0.25, 0.3) is 11.1 Å². The number of aliphatic carboxylic acids is 2. The van der Waals surface area contributed by atoms with Crippen LogP contribution >= 0.6 is 0 Å². The molecule has 0 spiro atoms. The fraction of sp³-hybridized carbons (Fsp3) is 0.400. The van der Waals surface area contributed by atoms with Gasteiger partial charge in [-0.05, 0) is 71.2 Å². The largest absolute Gasteiger partial charge is 0.481 e. The van der Waals surface area contributed by atoms with Crippen molar-refractivity contribution in [3.63, 3.8) is 0 Å². The van der Waals surface area contributed by atoms with E-state index in [1.54, 1.807) is 12.1 Å². The number of pyridine rings is 2. The Morgan fingerprint density at radius 3 is 1.50 bits per heavy atom. The molecule has 14 nitrogen and oxygen atoms in total. The lowest BCUT2D eigenvalue weighted by molar-refractivity contribution is -0.140. The number of carbonyl (C=O) groups is 2. The van der Waals surface area contributed by atoms with Gasteiger partial charge in [0, 0.05) is 49.4 Å². The predicted molar refractivity (Wildman–Crippen MR) is 197 cm³/mol. The Balaban J connectivity index is 1.12. The average Bonchev–Trinajstić information content (AvgIpc) is 3.76. The molecular formula is C40H46N4O10. The molecule has 0 fully saturated rings. The number of nitrogens with zero attached hydrogens (tertiary/aromatic N) is 2. The molecule has 6 N–H and O–H groups in total. The monoisotopic (exact) mass is 742 g/mol. The van der Waals surface area contributed by atoms with Crippen molar-refractivity contribution in [1.82, 2.24) is 20.6 Å². The van der Waals surface area contributed by atoms with E-state index < -0.39 is 24.1 Å². The van der Waals surface area contributed by atoms with Gasteiger partial charge in [0.05, 0.1) is 39.3 Å². The van der Waals surface area contributed by atoms with Crippen LogP contribution in [0.5, 0.6) is 23.5 Å². The van der Waals surface area contributed by atoms with Gasteiger partial charge in [0.1, 0.15) is 12.2 Å². The number of carboxylic acid groups (broad SMARTS) is 2. The summed E-state index contributed by atoms with van der Waals surface area (Å²) in [7, 11) is 3.07. The van der Waals surface area contributed by atoms with Crippen LogP contribution in [0, 0.1) is 0 Å². The first kappa shape index (κ1) is 38.4. The summed E-state index contributed by atoms with van der Waals surface area (Å²) in [4.78, 5) is 30.8. The number of benzene rings is 2. The van der Waals surface area contributed by atoms with E-state index in [0.29, 0.717) is 36.6 Å². The van der Waals surface area contributed by atoms with Crippen LogP contribution in [-0.2, 0) is 35.5 Å². The summed E-state index contributed by atoms with van der Waals surface area (Å²) in [6.45, 7) is 0.937. The SMILES string of the molecule is COc1nc(OC2CCc3c(-c4cccc5c4CCC5Oc4ccc(CNC[C@@H](O)CC(=O)O)c(OC)n4)cccc32)ccc1CNC[C@@H](O)CC(=O)O. The number of aliphatic hydroxyl groups excluding tert-OH is 2. The first-order valence-electron chi connectivity index (χ1n) is 18.0. The molecule has 0 saturated heterocycles. The molecule has 2 aliphatic rings. The first-order chi connectivity index (χ1) is 26.1. The molecule has 14 heteroatoms. The summed E-state index contributed by atoms with van der Waals surface area (Å²) in [5.74, 6) is -0.450. The van der Waals surface area contributed by atoms with Crippen molar-refractivity contribution >= 4 is 11.9 Å². The maximum atomic E-state index is 10.8. The smallest absolute Gasteiger partial charge is 0.306 e. The highest BCUT2D eigenvalue weighted by Gasteiger charge is 2.31. The van der Waals surface area contributed by atoms with Crippen LogP contribution in [0.1, 0.15) is 71.3 Å². The number of fused-ring (bicyclic) bond motifs is 2. The highest BCUT2D eigenvalue weighted by Crippen LogP contribution is 2.45. The Bertz CT molecular complexity index is 1820. The number of nitrogens with one attached hydrogen (secondary N) is 2. The zero-order chi connectivity index (χ0) is 38.2. The number of rotatable bonds is 19. The van der Waals surface area contributed by atoms with Gasteiger partial charge in [0.25, 0.3) is 0 Å². The number of hydrogen-bond donors (Lipinski definition) is 6. The molecule has 0 radical (unpaired) electrons. The third-order valence-corrected chi connectivity index (χ3v) is 9.67. The van der Waals surface area contributed by atoms with Crippen LogP contribution in [0.3, 0.4) is 0 Å². The van der Waals surface area contributed by atoms with Gasteiger partial charge in [-0.1, -0.05) is 36.4 Å². The van der Waals surface area contributed by atoms with Gasteiger partial charge in [-0.3, -0.25) is 9.59 Å². The fourth-order valence-electron chi connectivity index (χ4n) is 7.23. The normalized spacial score (nSPS) is 17.0. The van der Waals surface area contributed by atoms with E-state index in [-0.39, 0.29) is 38.1 Å². The Morgan fingerprint density at radius 1 is 0.685 bits per heavy atom. The second-order valence-corrected chi connectivity index (χ2v) is 13.4. The van der Waals surface area contributed by atoms with E-state index in [1.165, 1.54) is 36.5 Å². The van der Waals surface area contributed by atoms with E-state index in [1.807, 2.05) is 12.1 Å². The third-order valence-electron chi connectivity index (χ3n) is 9.67. The molecule has 2 aromatic heterocycles. The predicted octanol–water partition coefficient (Wildman–Crippen LogP) is 4.14. The number of ether oxygens (including phenoxy) is 4. The molecular weight excluding hydrogens is 696 g/mol. The maximum Gasteiger partial charge on any atom is 0.306 e. The maximum absolute atomic E-state index is 10.8. The molecule has 6 rings (SSSR count). The van der Waals surface area contributed by atoms with Crippen molar-refractivity contribution in [1.29, 1.82) is 0 Å². The Kier molecular flexibility index (Phi) is 12.6. The first-order valence-corrected chi connectivity index (χ1v) is 18.0. The van der Waals surface area contributed by atoms with E-state index in [2.05, 4.69) is 57.0 Å². The highest BCUT2D eigenvalue weighted by molar-refractivity contribution is 5.75. The standard InChI is InChI=1S/C40H46N4O10/c1-51-39-23(19-41-21-25(45)17-37(47)48)9-15-35(43-39)53-33-13-11-29-27(5-3-7-31(29)33)28-6-4-8-32-30(28)12-14-34(32)54-36-16-10-24(40(44-36)52-2)20-42-22-26(46)18-38(49)50/h3-10,15-16,25-26,33-34,41-42,45-46H,11-14,17-22H2,1-2H3,(H,47,48)(H,49,50)/t25-,26-,33?,34?/m0/s1. The van der Waals surface area contributed by atoms with Crippen LogP contribution in [0.2, 0.25) is 0 Å². The van der Waals surface area contributed by atoms with E-state index in [4.69, 9.17) is 29.2 Å². The number of aromatic nitrogens is 2. The second-order valence-electron chi connectivity index (χ2n) is 13.4. The quantitative estimate of drug-likeness (QED) is 0.0800. The van der Waals surface area contributed by atoms with Gasteiger partial charge in [0.15, 0.2) is 0 Å². The lowest BCUT2D eigenvalue weighted by atomic mass is 9.91. The average molecular weight is 743 g/mol. The van der Waals surface area contributed by atoms with Crippen molar-refractivity contribution in [3.8, 4) is 34.6 Å². The van der Waals surface area contributed by atoms with E-state index in [0.717, 1.165) is 47.9 Å². The molecule has 2 heterocycles. The molecule has 2 aliphatic carbocycles. The van der Waals surface area contributed by atoms with Gasteiger partial charge in [-0.25, -0.2) is 0 Å². The summed E-state index contributed by atoms with van der Waals surface area (Å²) in [6.07, 6.45) is 0.259.